The Kier molecular flexibility index (Phi) is 4.12. The van der Waals surface area contributed by atoms with E-state index in [1.165, 1.54) is 18.7 Å². The standard InChI is InChI=1S/C15H24N2O/c1-4-18-15-6-5-14(16)7-13(15)10-17-8-11(2)12(3)9-17/h5-7,11-12H,4,8-10,16H2,1-3H3. The summed E-state index contributed by atoms with van der Waals surface area (Å²) in [5.74, 6) is 2.53. The highest BCUT2D eigenvalue weighted by atomic mass is 16.5. The molecule has 1 fully saturated rings. The smallest absolute Gasteiger partial charge is 0.123 e. The second kappa shape index (κ2) is 5.61. The van der Waals surface area contributed by atoms with Gasteiger partial charge in [0.15, 0.2) is 0 Å². The molecule has 18 heavy (non-hydrogen) atoms. The van der Waals surface area contributed by atoms with Gasteiger partial charge in [0.25, 0.3) is 0 Å². The zero-order valence-corrected chi connectivity index (χ0v) is 11.6. The number of nitrogens with zero attached hydrogens (tertiary/aromatic N) is 1. The molecular weight excluding hydrogens is 224 g/mol. The molecule has 1 aliphatic heterocycles. The van der Waals surface area contributed by atoms with E-state index in [1.54, 1.807) is 0 Å². The molecule has 1 saturated heterocycles. The van der Waals surface area contributed by atoms with Gasteiger partial charge in [0.2, 0.25) is 0 Å². The lowest BCUT2D eigenvalue weighted by Crippen LogP contribution is -2.20. The highest BCUT2D eigenvalue weighted by Gasteiger charge is 2.26. The number of nitrogen functional groups attached to an aromatic ring is 1. The van der Waals surface area contributed by atoms with Crippen molar-refractivity contribution in [1.29, 1.82) is 0 Å². The van der Waals surface area contributed by atoms with Crippen LogP contribution in [0.15, 0.2) is 18.2 Å². The highest BCUT2D eigenvalue weighted by molar-refractivity contribution is 5.47. The Labute approximate surface area is 110 Å². The van der Waals surface area contributed by atoms with Crippen LogP contribution in [-0.2, 0) is 6.54 Å². The Morgan fingerprint density at radius 3 is 2.56 bits per heavy atom. The maximum atomic E-state index is 5.88. The molecule has 2 rings (SSSR count). The van der Waals surface area contributed by atoms with Crippen molar-refractivity contribution in [3.63, 3.8) is 0 Å². The molecule has 1 aromatic carbocycles. The second-order valence-electron chi connectivity index (χ2n) is 5.45. The summed E-state index contributed by atoms with van der Waals surface area (Å²) in [4.78, 5) is 2.49. The van der Waals surface area contributed by atoms with E-state index in [0.717, 1.165) is 29.8 Å². The normalized spacial score (nSPS) is 24.4. The number of likely N-dealkylation sites (tertiary alicyclic amines) is 1. The SMILES string of the molecule is CCOc1ccc(N)cc1CN1CC(C)C(C)C1. The van der Waals surface area contributed by atoms with Crippen molar-refractivity contribution in [1.82, 2.24) is 4.90 Å². The van der Waals surface area contributed by atoms with E-state index in [2.05, 4.69) is 18.7 Å². The molecule has 1 aliphatic rings. The van der Waals surface area contributed by atoms with Crippen LogP contribution < -0.4 is 10.5 Å². The van der Waals surface area contributed by atoms with Crippen molar-refractivity contribution in [3.05, 3.63) is 23.8 Å². The van der Waals surface area contributed by atoms with Crippen LogP contribution in [0.4, 0.5) is 5.69 Å². The largest absolute Gasteiger partial charge is 0.494 e. The summed E-state index contributed by atoms with van der Waals surface area (Å²) in [7, 11) is 0. The van der Waals surface area contributed by atoms with E-state index in [0.29, 0.717) is 6.61 Å². The Morgan fingerprint density at radius 1 is 1.28 bits per heavy atom. The Balaban J connectivity index is 2.10. The average Bonchev–Trinajstić information content (AvgIpc) is 2.62. The van der Waals surface area contributed by atoms with Gasteiger partial charge in [-0.05, 0) is 37.0 Å². The van der Waals surface area contributed by atoms with Crippen molar-refractivity contribution in [2.24, 2.45) is 11.8 Å². The number of hydrogen-bond acceptors (Lipinski definition) is 3. The van der Waals surface area contributed by atoms with Crippen LogP contribution in [0.3, 0.4) is 0 Å². The van der Waals surface area contributed by atoms with Crippen molar-refractivity contribution in [3.8, 4) is 5.75 Å². The summed E-state index contributed by atoms with van der Waals surface area (Å²) in [5, 5.41) is 0. The summed E-state index contributed by atoms with van der Waals surface area (Å²) in [6, 6.07) is 5.93. The molecule has 2 atom stereocenters. The third kappa shape index (κ3) is 2.96. The molecule has 0 amide bonds. The topological polar surface area (TPSA) is 38.5 Å². The van der Waals surface area contributed by atoms with Gasteiger partial charge < -0.3 is 10.5 Å². The second-order valence-corrected chi connectivity index (χ2v) is 5.45. The predicted molar refractivity (Wildman–Crippen MR) is 75.6 cm³/mol. The summed E-state index contributed by atoms with van der Waals surface area (Å²) < 4.78 is 5.67. The van der Waals surface area contributed by atoms with Gasteiger partial charge in [0.05, 0.1) is 6.61 Å². The maximum absolute atomic E-state index is 5.88. The van der Waals surface area contributed by atoms with Gasteiger partial charge in [-0.15, -0.1) is 0 Å². The number of ether oxygens (including phenoxy) is 1. The number of hydrogen-bond donors (Lipinski definition) is 1. The summed E-state index contributed by atoms with van der Waals surface area (Å²) >= 11 is 0. The van der Waals surface area contributed by atoms with Crippen molar-refractivity contribution >= 4 is 5.69 Å². The lowest BCUT2D eigenvalue weighted by Gasteiger charge is -2.18. The maximum Gasteiger partial charge on any atom is 0.123 e. The fourth-order valence-corrected chi connectivity index (χ4v) is 2.64. The van der Waals surface area contributed by atoms with Gasteiger partial charge >= 0.3 is 0 Å². The molecule has 0 aromatic heterocycles. The summed E-state index contributed by atoms with van der Waals surface area (Å²) in [6.07, 6.45) is 0. The van der Waals surface area contributed by atoms with Crippen LogP contribution in [0.25, 0.3) is 0 Å². The first-order valence-corrected chi connectivity index (χ1v) is 6.83. The first kappa shape index (κ1) is 13.2. The third-order valence-corrected chi connectivity index (χ3v) is 3.84. The lowest BCUT2D eigenvalue weighted by molar-refractivity contribution is 0.296. The van der Waals surface area contributed by atoms with Gasteiger partial charge in [0, 0.05) is 30.9 Å². The minimum atomic E-state index is 0.698. The fraction of sp³-hybridized carbons (Fsp3) is 0.600. The van der Waals surface area contributed by atoms with Crippen LogP contribution in [0, 0.1) is 11.8 Å². The van der Waals surface area contributed by atoms with E-state index >= 15 is 0 Å². The van der Waals surface area contributed by atoms with Gasteiger partial charge in [-0.1, -0.05) is 13.8 Å². The first-order chi connectivity index (χ1) is 8.60. The van der Waals surface area contributed by atoms with Crippen LogP contribution >= 0.6 is 0 Å². The molecule has 2 unspecified atom stereocenters. The Morgan fingerprint density at radius 2 is 1.94 bits per heavy atom. The van der Waals surface area contributed by atoms with Crippen LogP contribution in [0.2, 0.25) is 0 Å². The molecule has 3 nitrogen and oxygen atoms in total. The molecule has 1 heterocycles. The van der Waals surface area contributed by atoms with Gasteiger partial charge in [0.1, 0.15) is 5.75 Å². The van der Waals surface area contributed by atoms with E-state index in [-0.39, 0.29) is 0 Å². The van der Waals surface area contributed by atoms with E-state index in [9.17, 15) is 0 Å². The predicted octanol–water partition coefficient (Wildman–Crippen LogP) is 2.76. The minimum absolute atomic E-state index is 0.698. The minimum Gasteiger partial charge on any atom is -0.494 e. The van der Waals surface area contributed by atoms with Crippen molar-refractivity contribution < 1.29 is 4.74 Å². The zero-order chi connectivity index (χ0) is 13.1. The quantitative estimate of drug-likeness (QED) is 0.833. The van der Waals surface area contributed by atoms with E-state index in [4.69, 9.17) is 10.5 Å². The average molecular weight is 248 g/mol. The van der Waals surface area contributed by atoms with Crippen LogP contribution in [-0.4, -0.2) is 24.6 Å². The Hall–Kier alpha value is -1.22. The van der Waals surface area contributed by atoms with Gasteiger partial charge in [-0.3, -0.25) is 4.90 Å². The van der Waals surface area contributed by atoms with E-state index < -0.39 is 0 Å². The number of rotatable bonds is 4. The molecular formula is C15H24N2O. The molecule has 3 heteroatoms. The lowest BCUT2D eigenvalue weighted by atomic mass is 10.0. The number of benzene rings is 1. The van der Waals surface area contributed by atoms with Crippen LogP contribution in [0.5, 0.6) is 5.75 Å². The van der Waals surface area contributed by atoms with Crippen molar-refractivity contribution in [2.75, 3.05) is 25.4 Å². The summed E-state index contributed by atoms with van der Waals surface area (Å²) in [5.41, 5.74) is 7.90. The molecule has 0 radical (unpaired) electrons. The fourth-order valence-electron chi connectivity index (χ4n) is 2.64. The van der Waals surface area contributed by atoms with E-state index in [1.807, 2.05) is 25.1 Å². The highest BCUT2D eigenvalue weighted by Crippen LogP contribution is 2.28. The molecule has 0 saturated carbocycles. The summed E-state index contributed by atoms with van der Waals surface area (Å²) in [6.45, 7) is 10.6. The molecule has 100 valence electrons. The molecule has 0 spiro atoms. The third-order valence-electron chi connectivity index (χ3n) is 3.84. The number of nitrogens with two attached hydrogens (primary N) is 1. The number of anilines is 1. The van der Waals surface area contributed by atoms with Crippen LogP contribution in [0.1, 0.15) is 26.3 Å². The Bertz CT molecular complexity index is 395. The molecule has 0 bridgehead atoms. The first-order valence-electron chi connectivity index (χ1n) is 6.83. The van der Waals surface area contributed by atoms with Crippen molar-refractivity contribution in [2.45, 2.75) is 27.3 Å². The van der Waals surface area contributed by atoms with Gasteiger partial charge in [-0.2, -0.15) is 0 Å². The van der Waals surface area contributed by atoms with Gasteiger partial charge in [-0.25, -0.2) is 0 Å². The molecule has 0 aliphatic carbocycles. The monoisotopic (exact) mass is 248 g/mol. The molecule has 2 N–H and O–H groups in total. The molecule has 1 aromatic rings. The zero-order valence-electron chi connectivity index (χ0n) is 11.6.